The molecule has 0 heterocycles. The molecule has 66 valence electrons. The maximum Gasteiger partial charge on any atom is 0.115 e. The minimum Gasteiger partial charge on any atom is -0.508 e. The van der Waals surface area contributed by atoms with Crippen molar-refractivity contribution in [3.05, 3.63) is 35.6 Å². The Morgan fingerprint density at radius 1 is 1.42 bits per heavy atom. The normalized spacial score (nSPS) is 19.6. The molecule has 0 saturated carbocycles. The van der Waals surface area contributed by atoms with Crippen LogP contribution in [0.2, 0.25) is 0 Å². The van der Waals surface area contributed by atoms with E-state index in [-0.39, 0.29) is 5.76 Å². The first-order valence-electron chi connectivity index (χ1n) is 4.45. The summed E-state index contributed by atoms with van der Waals surface area (Å²) >= 11 is 0. The van der Waals surface area contributed by atoms with Crippen LogP contribution in [0.5, 0.6) is 0 Å². The molecular formula is C11H16O. The topological polar surface area (TPSA) is 20.2 Å². The van der Waals surface area contributed by atoms with E-state index in [9.17, 15) is 5.11 Å². The van der Waals surface area contributed by atoms with Crippen LogP contribution in [0.1, 0.15) is 32.6 Å². The molecule has 0 spiro atoms. The summed E-state index contributed by atoms with van der Waals surface area (Å²) in [4.78, 5) is 0. The van der Waals surface area contributed by atoms with Crippen LogP contribution in [0.25, 0.3) is 0 Å². The second kappa shape index (κ2) is 4.15. The minimum atomic E-state index is 0.284. The van der Waals surface area contributed by atoms with Gasteiger partial charge in [0.2, 0.25) is 0 Å². The molecule has 0 bridgehead atoms. The van der Waals surface area contributed by atoms with E-state index in [0.29, 0.717) is 0 Å². The first-order chi connectivity index (χ1) is 5.74. The highest BCUT2D eigenvalue weighted by Gasteiger charge is 2.06. The van der Waals surface area contributed by atoms with Crippen molar-refractivity contribution in [1.82, 2.24) is 0 Å². The van der Waals surface area contributed by atoms with Crippen molar-refractivity contribution in [2.75, 3.05) is 0 Å². The van der Waals surface area contributed by atoms with Crippen LogP contribution in [0, 0.1) is 0 Å². The fraction of sp³-hybridized carbons (Fsp3) is 0.455. The zero-order chi connectivity index (χ0) is 8.97. The number of hydrogen-bond donors (Lipinski definition) is 1. The van der Waals surface area contributed by atoms with Crippen molar-refractivity contribution in [2.24, 2.45) is 0 Å². The molecule has 0 saturated heterocycles. The third-order valence-corrected chi connectivity index (χ3v) is 2.33. The number of hydrogen-bond acceptors (Lipinski definition) is 1. The molecule has 0 unspecified atom stereocenters. The third-order valence-electron chi connectivity index (χ3n) is 2.33. The van der Waals surface area contributed by atoms with Gasteiger partial charge in [0.15, 0.2) is 0 Å². The smallest absolute Gasteiger partial charge is 0.115 e. The number of aliphatic hydroxyl groups is 1. The molecule has 0 amide bonds. The summed E-state index contributed by atoms with van der Waals surface area (Å²) < 4.78 is 0. The second-order valence-corrected chi connectivity index (χ2v) is 3.29. The number of rotatable bonds is 2. The Balaban J connectivity index is 2.78. The van der Waals surface area contributed by atoms with Crippen molar-refractivity contribution in [3.63, 3.8) is 0 Å². The van der Waals surface area contributed by atoms with Gasteiger partial charge in [-0.2, -0.15) is 0 Å². The monoisotopic (exact) mass is 164 g/mol. The van der Waals surface area contributed by atoms with Crippen LogP contribution in [-0.4, -0.2) is 5.11 Å². The van der Waals surface area contributed by atoms with Crippen molar-refractivity contribution in [1.29, 1.82) is 0 Å². The summed E-state index contributed by atoms with van der Waals surface area (Å²) in [5, 5.41) is 9.24. The SMILES string of the molecule is C=C/C(O)=C\C1=C(C)CCCC1. The Hall–Kier alpha value is -0.980. The predicted octanol–water partition coefficient (Wildman–Crippen LogP) is 3.50. The summed E-state index contributed by atoms with van der Waals surface area (Å²) in [6.45, 7) is 5.65. The molecule has 0 fully saturated rings. The van der Waals surface area contributed by atoms with E-state index >= 15 is 0 Å². The van der Waals surface area contributed by atoms with Gasteiger partial charge in [0.1, 0.15) is 5.76 Å². The molecule has 0 atom stereocenters. The van der Waals surface area contributed by atoms with E-state index in [2.05, 4.69) is 13.5 Å². The molecule has 0 aromatic heterocycles. The van der Waals surface area contributed by atoms with E-state index in [1.807, 2.05) is 6.08 Å². The minimum absolute atomic E-state index is 0.284. The maximum absolute atomic E-state index is 9.24. The fourth-order valence-electron chi connectivity index (χ4n) is 1.51. The first-order valence-corrected chi connectivity index (χ1v) is 4.45. The van der Waals surface area contributed by atoms with E-state index in [4.69, 9.17) is 0 Å². The Bertz CT molecular complexity index is 233. The van der Waals surface area contributed by atoms with Gasteiger partial charge in [0.05, 0.1) is 0 Å². The van der Waals surface area contributed by atoms with Crippen molar-refractivity contribution in [2.45, 2.75) is 32.6 Å². The summed E-state index contributed by atoms with van der Waals surface area (Å²) in [6, 6.07) is 0. The van der Waals surface area contributed by atoms with Crippen LogP contribution in [0.4, 0.5) is 0 Å². The lowest BCUT2D eigenvalue weighted by Gasteiger charge is -2.14. The molecule has 0 aromatic rings. The standard InChI is InChI=1S/C11H16O/c1-3-11(12)8-10-7-5-4-6-9(10)2/h3,8,12H,1,4-7H2,2H3/b11-8+. The maximum atomic E-state index is 9.24. The zero-order valence-electron chi connectivity index (χ0n) is 7.64. The lowest BCUT2D eigenvalue weighted by Crippen LogP contribution is -1.95. The van der Waals surface area contributed by atoms with Crippen LogP contribution in [0.15, 0.2) is 35.6 Å². The third kappa shape index (κ3) is 2.26. The second-order valence-electron chi connectivity index (χ2n) is 3.29. The quantitative estimate of drug-likeness (QED) is 0.489. The van der Waals surface area contributed by atoms with Crippen molar-refractivity contribution < 1.29 is 5.11 Å². The van der Waals surface area contributed by atoms with Gasteiger partial charge in [0.25, 0.3) is 0 Å². The lowest BCUT2D eigenvalue weighted by molar-refractivity contribution is 0.431. The van der Waals surface area contributed by atoms with Gasteiger partial charge in [-0.1, -0.05) is 12.2 Å². The summed E-state index contributed by atoms with van der Waals surface area (Å²) in [6.07, 6.45) is 8.13. The van der Waals surface area contributed by atoms with Crippen molar-refractivity contribution in [3.8, 4) is 0 Å². The molecule has 1 heteroatoms. The van der Waals surface area contributed by atoms with Gasteiger partial charge >= 0.3 is 0 Å². The highest BCUT2D eigenvalue weighted by atomic mass is 16.3. The molecule has 0 aliphatic heterocycles. The summed E-state index contributed by atoms with van der Waals surface area (Å²) in [5.41, 5.74) is 2.70. The highest BCUT2D eigenvalue weighted by Crippen LogP contribution is 2.25. The molecule has 0 aromatic carbocycles. The Morgan fingerprint density at radius 3 is 2.67 bits per heavy atom. The van der Waals surface area contributed by atoms with E-state index in [1.165, 1.54) is 36.5 Å². The highest BCUT2D eigenvalue weighted by molar-refractivity contribution is 5.30. The lowest BCUT2D eigenvalue weighted by atomic mass is 9.92. The zero-order valence-corrected chi connectivity index (χ0v) is 7.64. The molecule has 1 aliphatic rings. The van der Waals surface area contributed by atoms with Crippen LogP contribution in [-0.2, 0) is 0 Å². The number of aliphatic hydroxyl groups excluding tert-OH is 1. The Labute approximate surface area is 74.1 Å². The predicted molar refractivity (Wildman–Crippen MR) is 52.1 cm³/mol. The van der Waals surface area contributed by atoms with Gasteiger partial charge in [-0.15, -0.1) is 0 Å². The molecule has 1 nitrogen and oxygen atoms in total. The van der Waals surface area contributed by atoms with Gasteiger partial charge < -0.3 is 5.11 Å². The Morgan fingerprint density at radius 2 is 2.08 bits per heavy atom. The van der Waals surface area contributed by atoms with Crippen LogP contribution >= 0.6 is 0 Å². The fourth-order valence-corrected chi connectivity index (χ4v) is 1.51. The average molecular weight is 164 g/mol. The molecule has 0 radical (unpaired) electrons. The summed E-state index contributed by atoms with van der Waals surface area (Å²) in [7, 11) is 0. The van der Waals surface area contributed by atoms with Gasteiger partial charge in [0, 0.05) is 0 Å². The molecular weight excluding hydrogens is 148 g/mol. The summed E-state index contributed by atoms with van der Waals surface area (Å²) in [5.74, 6) is 0.284. The van der Waals surface area contributed by atoms with Crippen LogP contribution in [0.3, 0.4) is 0 Å². The van der Waals surface area contributed by atoms with Gasteiger partial charge in [-0.05, 0) is 50.3 Å². The van der Waals surface area contributed by atoms with Crippen molar-refractivity contribution >= 4 is 0 Å². The number of allylic oxidation sites excluding steroid dienone is 4. The molecule has 1 N–H and O–H groups in total. The molecule has 1 aliphatic carbocycles. The largest absolute Gasteiger partial charge is 0.508 e. The average Bonchev–Trinajstić information content (AvgIpc) is 2.09. The van der Waals surface area contributed by atoms with E-state index in [1.54, 1.807) is 0 Å². The first kappa shape index (κ1) is 9.11. The van der Waals surface area contributed by atoms with Gasteiger partial charge in [-0.25, -0.2) is 0 Å². The van der Waals surface area contributed by atoms with Gasteiger partial charge in [-0.3, -0.25) is 0 Å². The van der Waals surface area contributed by atoms with Crippen LogP contribution < -0.4 is 0 Å². The van der Waals surface area contributed by atoms with E-state index < -0.39 is 0 Å². The Kier molecular flexibility index (Phi) is 3.15. The molecule has 1 rings (SSSR count). The molecule has 12 heavy (non-hydrogen) atoms. The van der Waals surface area contributed by atoms with E-state index in [0.717, 1.165) is 6.42 Å².